The van der Waals surface area contributed by atoms with Gasteiger partial charge in [0.1, 0.15) is 0 Å². The highest BCUT2D eigenvalue weighted by molar-refractivity contribution is 5.84. The summed E-state index contributed by atoms with van der Waals surface area (Å²) in [6, 6.07) is 0. The number of carbonyl (C=O) groups is 1. The zero-order valence-electron chi connectivity index (χ0n) is 13.5. The minimum absolute atomic E-state index is 0.0128. The summed E-state index contributed by atoms with van der Waals surface area (Å²) in [4.78, 5) is 14.0. The first kappa shape index (κ1) is 16.8. The van der Waals surface area contributed by atoms with Crippen molar-refractivity contribution in [3.05, 3.63) is 35.7 Å². The molecule has 7 heteroatoms. The predicted octanol–water partition coefficient (Wildman–Crippen LogP) is 3.82. The first-order valence-corrected chi connectivity index (χ1v) is 8.16. The fourth-order valence-electron chi connectivity index (χ4n) is 3.25. The monoisotopic (exact) mass is 339 g/mol. The Hall–Kier alpha value is -2.05. The summed E-state index contributed by atoms with van der Waals surface area (Å²) in [7, 11) is 1.64. The predicted molar refractivity (Wildman–Crippen MR) is 84.1 cm³/mol. The summed E-state index contributed by atoms with van der Waals surface area (Å²) < 4.78 is 41.7. The molecule has 2 aliphatic rings. The minimum atomic E-state index is -4.58. The summed E-state index contributed by atoms with van der Waals surface area (Å²) in [6.45, 7) is 0.582. The van der Waals surface area contributed by atoms with E-state index >= 15 is 0 Å². The molecule has 1 unspecified atom stereocenters. The topological polar surface area (TPSA) is 38.1 Å². The zero-order valence-corrected chi connectivity index (χ0v) is 13.5. The largest absolute Gasteiger partial charge is 0.435 e. The highest BCUT2D eigenvalue weighted by atomic mass is 19.4. The van der Waals surface area contributed by atoms with Crippen LogP contribution in [-0.4, -0.2) is 34.2 Å². The van der Waals surface area contributed by atoms with Crippen LogP contribution >= 0.6 is 0 Å². The number of alkyl halides is 3. The zero-order chi connectivity index (χ0) is 17.3. The van der Waals surface area contributed by atoms with Crippen molar-refractivity contribution >= 4 is 11.6 Å². The minimum Gasteiger partial charge on any atom is -0.345 e. The maximum absolute atomic E-state index is 13.5. The summed E-state index contributed by atoms with van der Waals surface area (Å²) in [5.41, 5.74) is -0.343. The number of halogens is 3. The summed E-state index contributed by atoms with van der Waals surface area (Å²) in [6.07, 6.45) is 5.94. The number of nitrogens with zero attached hydrogens (tertiary/aromatic N) is 3. The SMILES string of the molecule is CN1CCCCC(c2cn(C3=CCCC=C3)nc2C(F)(F)F)C1=O. The third kappa shape index (κ3) is 3.25. The summed E-state index contributed by atoms with van der Waals surface area (Å²) in [5, 5.41) is 3.77. The first-order valence-electron chi connectivity index (χ1n) is 8.16. The number of likely N-dealkylation sites (tertiary alicyclic amines) is 1. The van der Waals surface area contributed by atoms with E-state index in [0.29, 0.717) is 18.7 Å². The van der Waals surface area contributed by atoms with Crippen LogP contribution < -0.4 is 0 Å². The second-order valence-corrected chi connectivity index (χ2v) is 6.29. The molecule has 2 heterocycles. The fraction of sp³-hybridized carbons (Fsp3) is 0.529. The van der Waals surface area contributed by atoms with Gasteiger partial charge in [-0.1, -0.05) is 18.6 Å². The van der Waals surface area contributed by atoms with Gasteiger partial charge < -0.3 is 4.90 Å². The van der Waals surface area contributed by atoms with Crippen molar-refractivity contribution in [1.29, 1.82) is 0 Å². The van der Waals surface area contributed by atoms with E-state index in [2.05, 4.69) is 5.10 Å². The van der Waals surface area contributed by atoms with Crippen LogP contribution in [0.4, 0.5) is 13.2 Å². The lowest BCUT2D eigenvalue weighted by atomic mass is 9.93. The smallest absolute Gasteiger partial charge is 0.345 e. The molecule has 4 nitrogen and oxygen atoms in total. The van der Waals surface area contributed by atoms with E-state index in [1.54, 1.807) is 13.1 Å². The van der Waals surface area contributed by atoms with Gasteiger partial charge in [-0.2, -0.15) is 18.3 Å². The van der Waals surface area contributed by atoms with Crippen LogP contribution in [0.15, 0.2) is 24.4 Å². The quantitative estimate of drug-likeness (QED) is 0.821. The van der Waals surface area contributed by atoms with Crippen LogP contribution in [0.2, 0.25) is 0 Å². The fourth-order valence-corrected chi connectivity index (χ4v) is 3.25. The van der Waals surface area contributed by atoms with Crippen molar-refractivity contribution in [1.82, 2.24) is 14.7 Å². The normalized spacial score (nSPS) is 22.5. The molecule has 0 N–H and O–H groups in total. The molecule has 0 aromatic carbocycles. The van der Waals surface area contributed by atoms with Crippen molar-refractivity contribution in [3.8, 4) is 0 Å². The van der Waals surface area contributed by atoms with Crippen LogP contribution in [0.5, 0.6) is 0 Å². The van der Waals surface area contributed by atoms with Crippen molar-refractivity contribution in [2.24, 2.45) is 0 Å². The Kier molecular flexibility index (Phi) is 4.51. The van der Waals surface area contributed by atoms with E-state index in [-0.39, 0.29) is 11.5 Å². The molecule has 0 spiro atoms. The maximum atomic E-state index is 13.5. The maximum Gasteiger partial charge on any atom is 0.435 e. The Morgan fingerprint density at radius 3 is 2.71 bits per heavy atom. The molecule has 1 atom stereocenters. The van der Waals surface area contributed by atoms with Crippen molar-refractivity contribution < 1.29 is 18.0 Å². The van der Waals surface area contributed by atoms with E-state index in [9.17, 15) is 18.0 Å². The molecule has 1 aliphatic carbocycles. The van der Waals surface area contributed by atoms with Gasteiger partial charge in [-0.15, -0.1) is 0 Å². The Labute approximate surface area is 138 Å². The number of hydrogen-bond donors (Lipinski definition) is 0. The van der Waals surface area contributed by atoms with Gasteiger partial charge >= 0.3 is 6.18 Å². The van der Waals surface area contributed by atoms with E-state index in [1.165, 1.54) is 15.8 Å². The Balaban J connectivity index is 2.05. The van der Waals surface area contributed by atoms with Gasteiger partial charge in [0.25, 0.3) is 0 Å². The summed E-state index contributed by atoms with van der Waals surface area (Å²) in [5.74, 6) is -1.04. The van der Waals surface area contributed by atoms with Crippen LogP contribution in [-0.2, 0) is 11.0 Å². The lowest BCUT2D eigenvalue weighted by Crippen LogP contribution is -2.31. The van der Waals surface area contributed by atoms with Crippen molar-refractivity contribution in [3.63, 3.8) is 0 Å². The third-order valence-electron chi connectivity index (χ3n) is 4.54. The lowest BCUT2D eigenvalue weighted by Gasteiger charge is -2.20. The molecule has 1 fully saturated rings. The van der Waals surface area contributed by atoms with Crippen LogP contribution in [0, 0.1) is 0 Å². The van der Waals surface area contributed by atoms with Crippen molar-refractivity contribution in [2.75, 3.05) is 13.6 Å². The average Bonchev–Trinajstić information content (AvgIpc) is 2.93. The molecule has 1 saturated heterocycles. The second-order valence-electron chi connectivity index (χ2n) is 6.29. The third-order valence-corrected chi connectivity index (χ3v) is 4.54. The molecule has 1 aromatic heterocycles. The molecule has 0 saturated carbocycles. The van der Waals surface area contributed by atoms with Crippen molar-refractivity contribution in [2.45, 2.75) is 44.2 Å². The van der Waals surface area contributed by atoms with Gasteiger partial charge in [0, 0.05) is 25.4 Å². The molecule has 3 rings (SSSR count). The van der Waals surface area contributed by atoms with Gasteiger partial charge in [-0.25, -0.2) is 4.68 Å². The van der Waals surface area contributed by atoms with E-state index in [1.807, 2.05) is 12.2 Å². The molecule has 130 valence electrons. The highest BCUT2D eigenvalue weighted by Gasteiger charge is 2.41. The van der Waals surface area contributed by atoms with Crippen LogP contribution in [0.3, 0.4) is 0 Å². The highest BCUT2D eigenvalue weighted by Crippen LogP contribution is 2.38. The van der Waals surface area contributed by atoms with Gasteiger partial charge in [0.15, 0.2) is 5.69 Å². The number of likely N-dealkylation sites (N-methyl/N-ethyl adjacent to an activating group) is 1. The van der Waals surface area contributed by atoms with Crippen LogP contribution in [0.1, 0.15) is 49.3 Å². The van der Waals surface area contributed by atoms with Gasteiger partial charge in [-0.05, 0) is 31.8 Å². The van der Waals surface area contributed by atoms with E-state index < -0.39 is 17.8 Å². The van der Waals surface area contributed by atoms with E-state index in [4.69, 9.17) is 0 Å². The Morgan fingerprint density at radius 1 is 1.25 bits per heavy atom. The summed E-state index contributed by atoms with van der Waals surface area (Å²) >= 11 is 0. The lowest BCUT2D eigenvalue weighted by molar-refractivity contribution is -0.142. The Bertz CT molecular complexity index is 688. The second kappa shape index (κ2) is 6.45. The number of amides is 1. The Morgan fingerprint density at radius 2 is 2.04 bits per heavy atom. The molecular weight excluding hydrogens is 319 g/mol. The average molecular weight is 339 g/mol. The number of aromatic nitrogens is 2. The van der Waals surface area contributed by atoms with Crippen LogP contribution in [0.25, 0.3) is 5.70 Å². The molecule has 1 amide bonds. The molecule has 0 bridgehead atoms. The standard InChI is InChI=1S/C17H20F3N3O/c1-22-10-6-5-9-13(16(22)24)14-11-23(12-7-3-2-4-8-12)21-15(14)17(18,19)20/h3,7-8,11,13H,2,4-6,9-10H2,1H3. The molecule has 1 aliphatic heterocycles. The first-order chi connectivity index (χ1) is 11.4. The molecule has 1 aromatic rings. The van der Waals surface area contributed by atoms with Gasteiger partial charge in [0.2, 0.25) is 5.91 Å². The molecular formula is C17H20F3N3O. The van der Waals surface area contributed by atoms with Gasteiger partial charge in [-0.3, -0.25) is 4.79 Å². The number of rotatable bonds is 2. The number of carbonyl (C=O) groups excluding carboxylic acids is 1. The van der Waals surface area contributed by atoms with E-state index in [0.717, 1.165) is 25.7 Å². The molecule has 24 heavy (non-hydrogen) atoms. The number of hydrogen-bond acceptors (Lipinski definition) is 2. The van der Waals surface area contributed by atoms with Gasteiger partial charge in [0.05, 0.1) is 11.6 Å². The molecule has 0 radical (unpaired) electrons. The number of allylic oxidation sites excluding steroid dienone is 4.